The Hall–Kier alpha value is -3.34. The Bertz CT molecular complexity index is 992. The quantitative estimate of drug-likeness (QED) is 0.626. The Morgan fingerprint density at radius 1 is 0.966 bits per heavy atom. The molecule has 3 rings (SSSR count). The summed E-state index contributed by atoms with van der Waals surface area (Å²) in [5.74, 6) is 0.315. The van der Waals surface area contributed by atoms with Gasteiger partial charge >= 0.3 is 0 Å². The van der Waals surface area contributed by atoms with Gasteiger partial charge in [0.15, 0.2) is 0 Å². The number of nitrogens with zero attached hydrogens (tertiary/aromatic N) is 1. The predicted octanol–water partition coefficient (Wildman–Crippen LogP) is 4.88. The van der Waals surface area contributed by atoms with E-state index in [0.717, 1.165) is 16.8 Å². The molecule has 0 fully saturated rings. The van der Waals surface area contributed by atoms with Crippen LogP contribution in [0, 0.1) is 20.8 Å². The van der Waals surface area contributed by atoms with Crippen LogP contribution in [0.1, 0.15) is 39.2 Å². The zero-order chi connectivity index (χ0) is 20.8. The third-order valence-corrected chi connectivity index (χ3v) is 4.99. The summed E-state index contributed by atoms with van der Waals surface area (Å²) in [6.07, 6.45) is 1.72. The topological polar surface area (TPSA) is 62.6 Å². The van der Waals surface area contributed by atoms with E-state index in [1.54, 1.807) is 17.9 Å². The Labute approximate surface area is 171 Å². The molecular weight excluding hydrogens is 364 g/mol. The minimum atomic E-state index is -0.140. The lowest BCUT2D eigenvalue weighted by molar-refractivity contribution is -0.116. The maximum absolute atomic E-state index is 13.0. The zero-order valence-electron chi connectivity index (χ0n) is 17.1. The molecule has 0 aliphatic carbocycles. The molecule has 29 heavy (non-hydrogen) atoms. The van der Waals surface area contributed by atoms with Gasteiger partial charge in [-0.05, 0) is 55.7 Å². The van der Waals surface area contributed by atoms with Crippen molar-refractivity contribution in [2.75, 3.05) is 11.9 Å². The van der Waals surface area contributed by atoms with Gasteiger partial charge in [0, 0.05) is 25.2 Å². The number of furan rings is 1. The fourth-order valence-electron chi connectivity index (χ4n) is 3.11. The Kier molecular flexibility index (Phi) is 6.50. The van der Waals surface area contributed by atoms with E-state index in [-0.39, 0.29) is 18.2 Å². The molecule has 0 unspecified atom stereocenters. The van der Waals surface area contributed by atoms with Gasteiger partial charge < -0.3 is 14.6 Å². The molecule has 3 aromatic rings. The van der Waals surface area contributed by atoms with Gasteiger partial charge in [-0.25, -0.2) is 0 Å². The van der Waals surface area contributed by atoms with Crippen molar-refractivity contribution in [1.82, 2.24) is 4.90 Å². The number of amides is 2. The molecule has 0 radical (unpaired) electrons. The van der Waals surface area contributed by atoms with Crippen LogP contribution >= 0.6 is 0 Å². The van der Waals surface area contributed by atoms with Crippen LogP contribution in [-0.4, -0.2) is 23.3 Å². The first kappa shape index (κ1) is 20.4. The Morgan fingerprint density at radius 3 is 2.38 bits per heavy atom. The zero-order valence-corrected chi connectivity index (χ0v) is 17.1. The number of benzene rings is 2. The van der Waals surface area contributed by atoms with Crippen LogP contribution in [0.2, 0.25) is 0 Å². The molecule has 0 saturated carbocycles. The van der Waals surface area contributed by atoms with E-state index in [1.165, 1.54) is 11.8 Å². The third kappa shape index (κ3) is 5.35. The minimum absolute atomic E-state index is 0.122. The molecule has 5 nitrogen and oxygen atoms in total. The fraction of sp³-hybridized carbons (Fsp3) is 0.250. The molecule has 0 atom stereocenters. The normalized spacial score (nSPS) is 10.6. The molecule has 5 heteroatoms. The fourth-order valence-corrected chi connectivity index (χ4v) is 3.11. The molecule has 150 valence electrons. The highest BCUT2D eigenvalue weighted by Gasteiger charge is 2.20. The van der Waals surface area contributed by atoms with Crippen molar-refractivity contribution in [3.63, 3.8) is 0 Å². The standard InChI is InChI=1S/C24H26N2O3/c1-17-9-10-21(15-18(17)2)25-23(27)11-13-26(16-20-7-5-4-6-8-20)24(28)22-12-14-29-19(22)3/h4-10,12,14-15H,11,13,16H2,1-3H3,(H,25,27). The van der Waals surface area contributed by atoms with Gasteiger partial charge in [-0.2, -0.15) is 0 Å². The van der Waals surface area contributed by atoms with Crippen molar-refractivity contribution in [3.8, 4) is 0 Å². The summed E-state index contributed by atoms with van der Waals surface area (Å²) in [5, 5.41) is 2.92. The second-order valence-corrected chi connectivity index (χ2v) is 7.20. The average molecular weight is 390 g/mol. The van der Waals surface area contributed by atoms with Gasteiger partial charge in [-0.3, -0.25) is 9.59 Å². The SMILES string of the molecule is Cc1ccc(NC(=O)CCN(Cc2ccccc2)C(=O)c2ccoc2C)cc1C. The molecule has 2 amide bonds. The van der Waals surface area contributed by atoms with Crippen molar-refractivity contribution >= 4 is 17.5 Å². The van der Waals surface area contributed by atoms with Crippen LogP contribution in [0.4, 0.5) is 5.69 Å². The lowest BCUT2D eigenvalue weighted by atomic mass is 10.1. The monoisotopic (exact) mass is 390 g/mol. The maximum Gasteiger partial charge on any atom is 0.257 e. The van der Waals surface area contributed by atoms with E-state index in [9.17, 15) is 9.59 Å². The maximum atomic E-state index is 13.0. The highest BCUT2D eigenvalue weighted by atomic mass is 16.3. The summed E-state index contributed by atoms with van der Waals surface area (Å²) in [7, 11) is 0. The third-order valence-electron chi connectivity index (χ3n) is 4.99. The van der Waals surface area contributed by atoms with Crippen molar-refractivity contribution in [3.05, 3.63) is 88.9 Å². The van der Waals surface area contributed by atoms with Crippen LogP contribution in [0.15, 0.2) is 65.3 Å². The lowest BCUT2D eigenvalue weighted by Gasteiger charge is -2.22. The highest BCUT2D eigenvalue weighted by Crippen LogP contribution is 2.17. The van der Waals surface area contributed by atoms with Gasteiger partial charge in [0.2, 0.25) is 5.91 Å². The van der Waals surface area contributed by atoms with Crippen molar-refractivity contribution in [2.24, 2.45) is 0 Å². The summed E-state index contributed by atoms with van der Waals surface area (Å²) < 4.78 is 5.28. The van der Waals surface area contributed by atoms with E-state index >= 15 is 0 Å². The first-order valence-electron chi connectivity index (χ1n) is 9.68. The number of rotatable bonds is 7. The van der Waals surface area contributed by atoms with Gasteiger partial charge in [-0.1, -0.05) is 36.4 Å². The van der Waals surface area contributed by atoms with Crippen molar-refractivity contribution in [1.29, 1.82) is 0 Å². The molecule has 0 aliphatic rings. The second-order valence-electron chi connectivity index (χ2n) is 7.20. The molecule has 2 aromatic carbocycles. The predicted molar refractivity (Wildman–Crippen MR) is 114 cm³/mol. The summed E-state index contributed by atoms with van der Waals surface area (Å²) in [6.45, 7) is 6.56. The number of nitrogens with one attached hydrogen (secondary N) is 1. The van der Waals surface area contributed by atoms with Gasteiger partial charge in [0.05, 0.1) is 11.8 Å². The first-order valence-corrected chi connectivity index (χ1v) is 9.68. The van der Waals surface area contributed by atoms with E-state index in [4.69, 9.17) is 4.42 Å². The van der Waals surface area contributed by atoms with Crippen LogP contribution in [0.25, 0.3) is 0 Å². The largest absolute Gasteiger partial charge is 0.469 e. The smallest absolute Gasteiger partial charge is 0.257 e. The van der Waals surface area contributed by atoms with Gasteiger partial charge in [0.25, 0.3) is 5.91 Å². The van der Waals surface area contributed by atoms with Crippen LogP contribution < -0.4 is 5.32 Å². The molecule has 0 saturated heterocycles. The molecule has 1 heterocycles. The summed E-state index contributed by atoms with van der Waals surface area (Å²) >= 11 is 0. The van der Waals surface area contributed by atoms with Crippen LogP contribution in [0.3, 0.4) is 0 Å². The van der Waals surface area contributed by atoms with Crippen molar-refractivity contribution in [2.45, 2.75) is 33.7 Å². The number of carbonyl (C=O) groups is 2. The molecule has 0 spiro atoms. The van der Waals surface area contributed by atoms with Crippen molar-refractivity contribution < 1.29 is 14.0 Å². The lowest BCUT2D eigenvalue weighted by Crippen LogP contribution is -2.33. The number of carbonyl (C=O) groups excluding carboxylic acids is 2. The molecule has 1 aromatic heterocycles. The number of aryl methyl sites for hydroxylation is 3. The van der Waals surface area contributed by atoms with Crippen LogP contribution in [0.5, 0.6) is 0 Å². The summed E-state index contributed by atoms with van der Waals surface area (Å²) in [6, 6.07) is 17.3. The van der Waals surface area contributed by atoms with E-state index in [0.29, 0.717) is 24.4 Å². The molecular formula is C24H26N2O3. The van der Waals surface area contributed by atoms with E-state index in [2.05, 4.69) is 5.32 Å². The van der Waals surface area contributed by atoms with Crippen LogP contribution in [-0.2, 0) is 11.3 Å². The number of anilines is 1. The average Bonchev–Trinajstić information content (AvgIpc) is 3.14. The molecule has 0 bridgehead atoms. The summed E-state index contributed by atoms with van der Waals surface area (Å²) in [4.78, 5) is 27.2. The minimum Gasteiger partial charge on any atom is -0.469 e. The van der Waals surface area contributed by atoms with Gasteiger partial charge in [-0.15, -0.1) is 0 Å². The molecule has 1 N–H and O–H groups in total. The Morgan fingerprint density at radius 2 is 1.72 bits per heavy atom. The van der Waals surface area contributed by atoms with E-state index in [1.807, 2.05) is 62.4 Å². The second kappa shape index (κ2) is 9.24. The number of hydrogen-bond donors (Lipinski definition) is 1. The van der Waals surface area contributed by atoms with Gasteiger partial charge in [0.1, 0.15) is 5.76 Å². The Balaban J connectivity index is 1.69. The first-order chi connectivity index (χ1) is 13.9. The molecule has 0 aliphatic heterocycles. The summed E-state index contributed by atoms with van der Waals surface area (Å²) in [5.41, 5.74) is 4.61. The van der Waals surface area contributed by atoms with E-state index < -0.39 is 0 Å². The highest BCUT2D eigenvalue weighted by molar-refractivity contribution is 5.96. The number of hydrogen-bond acceptors (Lipinski definition) is 3.